The summed E-state index contributed by atoms with van der Waals surface area (Å²) in [5.74, 6) is 1.25. The minimum atomic E-state index is -0.718. The number of aliphatic hydroxyl groups is 1. The number of hydrogen-bond donors (Lipinski definition) is 3. The summed E-state index contributed by atoms with van der Waals surface area (Å²) in [6.07, 6.45) is 2.89. The normalized spacial score (nSPS) is 12.3. The van der Waals surface area contributed by atoms with E-state index in [1.165, 1.54) is 5.56 Å². The molecule has 5 nitrogen and oxygen atoms in total. The molecule has 6 heteroatoms. The van der Waals surface area contributed by atoms with Crippen LogP contribution in [0.2, 0.25) is 0 Å². The number of furan rings is 1. The maximum absolute atomic E-state index is 9.99. The van der Waals surface area contributed by atoms with Crippen LogP contribution in [-0.4, -0.2) is 30.7 Å². The topological polar surface area (TPSA) is 69.8 Å². The molecule has 1 aromatic carbocycles. The number of aliphatic imine (C=N–C) groups is 1. The van der Waals surface area contributed by atoms with Crippen LogP contribution in [0.3, 0.4) is 0 Å². The number of aliphatic hydroxyl groups excluding tert-OH is 1. The molecule has 132 valence electrons. The van der Waals surface area contributed by atoms with Gasteiger partial charge in [0, 0.05) is 13.1 Å². The monoisotopic (exact) mass is 443 g/mol. The summed E-state index contributed by atoms with van der Waals surface area (Å²) in [5.41, 5.74) is 1.34. The second kappa shape index (κ2) is 11.9. The average molecular weight is 443 g/mol. The molecule has 24 heavy (non-hydrogen) atoms. The molecule has 0 amide bonds. The van der Waals surface area contributed by atoms with Gasteiger partial charge in [0.1, 0.15) is 11.9 Å². The predicted molar refractivity (Wildman–Crippen MR) is 108 cm³/mol. The zero-order chi connectivity index (χ0) is 16.3. The molecule has 2 rings (SSSR count). The fourth-order valence-electron chi connectivity index (χ4n) is 2.23. The van der Waals surface area contributed by atoms with Crippen LogP contribution in [0.25, 0.3) is 0 Å². The Morgan fingerprint density at radius 1 is 1.17 bits per heavy atom. The molecule has 2 aromatic rings. The summed E-state index contributed by atoms with van der Waals surface area (Å²) < 4.78 is 5.17. The molecule has 1 atom stereocenters. The lowest BCUT2D eigenvalue weighted by molar-refractivity contribution is 0.158. The first-order chi connectivity index (χ1) is 11.3. The Hall–Kier alpha value is -1.54. The molecule has 1 heterocycles. The Bertz CT molecular complexity index is 573. The van der Waals surface area contributed by atoms with Gasteiger partial charge in [-0.25, -0.2) is 0 Å². The van der Waals surface area contributed by atoms with Crippen LogP contribution in [-0.2, 0) is 6.42 Å². The highest BCUT2D eigenvalue weighted by molar-refractivity contribution is 14.0. The molecule has 3 N–H and O–H groups in total. The Morgan fingerprint density at radius 2 is 1.96 bits per heavy atom. The Kier molecular flexibility index (Phi) is 10.2. The number of halogens is 1. The molecule has 0 spiro atoms. The Labute approximate surface area is 160 Å². The fraction of sp³-hybridized carbons (Fsp3) is 0.389. The highest BCUT2D eigenvalue weighted by Crippen LogP contribution is 2.12. The number of nitrogens with one attached hydrogen (secondary N) is 2. The van der Waals surface area contributed by atoms with Gasteiger partial charge in [0.25, 0.3) is 0 Å². The summed E-state index contributed by atoms with van der Waals surface area (Å²) in [5, 5.41) is 16.5. The van der Waals surface area contributed by atoms with Crippen molar-refractivity contribution in [2.24, 2.45) is 4.99 Å². The van der Waals surface area contributed by atoms with Crippen LogP contribution in [0.5, 0.6) is 0 Å². The first-order valence-corrected chi connectivity index (χ1v) is 8.07. The van der Waals surface area contributed by atoms with Gasteiger partial charge in [-0.05, 0) is 37.5 Å². The van der Waals surface area contributed by atoms with Gasteiger partial charge in [0.2, 0.25) is 0 Å². The van der Waals surface area contributed by atoms with Gasteiger partial charge in [0.05, 0.1) is 12.8 Å². The Morgan fingerprint density at radius 3 is 2.62 bits per heavy atom. The van der Waals surface area contributed by atoms with Gasteiger partial charge in [-0.3, -0.25) is 4.99 Å². The van der Waals surface area contributed by atoms with Crippen molar-refractivity contribution in [1.82, 2.24) is 10.6 Å². The number of benzene rings is 1. The van der Waals surface area contributed by atoms with Crippen molar-refractivity contribution < 1.29 is 9.52 Å². The molecule has 1 unspecified atom stereocenters. The highest BCUT2D eigenvalue weighted by atomic mass is 127. The molecular formula is C18H26IN3O2. The predicted octanol–water partition coefficient (Wildman–Crippen LogP) is 3.12. The quantitative estimate of drug-likeness (QED) is 0.254. The second-order valence-corrected chi connectivity index (χ2v) is 5.27. The molecule has 0 saturated carbocycles. The Balaban J connectivity index is 0.00000288. The molecule has 1 aromatic heterocycles. The second-order valence-electron chi connectivity index (χ2n) is 5.27. The zero-order valence-electron chi connectivity index (χ0n) is 13.9. The minimum Gasteiger partial charge on any atom is -0.467 e. The first kappa shape index (κ1) is 20.5. The van der Waals surface area contributed by atoms with Gasteiger partial charge in [-0.2, -0.15) is 0 Å². The van der Waals surface area contributed by atoms with Crippen molar-refractivity contribution in [3.05, 3.63) is 60.1 Å². The molecule has 0 bridgehead atoms. The highest BCUT2D eigenvalue weighted by Gasteiger charge is 2.09. The van der Waals surface area contributed by atoms with Crippen LogP contribution in [0.15, 0.2) is 58.1 Å². The van der Waals surface area contributed by atoms with Gasteiger partial charge < -0.3 is 20.2 Å². The molecule has 0 aliphatic carbocycles. The van der Waals surface area contributed by atoms with Gasteiger partial charge in [-0.15, -0.1) is 24.0 Å². The third kappa shape index (κ3) is 7.35. The van der Waals surface area contributed by atoms with E-state index in [0.717, 1.165) is 25.9 Å². The molecule has 0 fully saturated rings. The van der Waals surface area contributed by atoms with E-state index in [4.69, 9.17) is 4.42 Å². The number of hydrogen-bond acceptors (Lipinski definition) is 3. The standard InChI is InChI=1S/C18H25N3O2.HI/c1-2-19-18(21-14-16(22)17-11-7-13-23-17)20-12-6-10-15-8-4-3-5-9-15;/h3-5,7-9,11,13,16,22H,2,6,10,12,14H2,1H3,(H2,19,20,21);1H. The number of aryl methyl sites for hydroxylation is 1. The van der Waals surface area contributed by atoms with Crippen molar-refractivity contribution >= 4 is 29.9 Å². The van der Waals surface area contributed by atoms with Crippen LogP contribution < -0.4 is 10.6 Å². The van der Waals surface area contributed by atoms with E-state index in [1.54, 1.807) is 18.4 Å². The number of nitrogens with zero attached hydrogens (tertiary/aromatic N) is 1. The molecule has 0 aliphatic heterocycles. The van der Waals surface area contributed by atoms with Crippen molar-refractivity contribution in [1.29, 1.82) is 0 Å². The lowest BCUT2D eigenvalue weighted by Gasteiger charge is -2.12. The first-order valence-electron chi connectivity index (χ1n) is 8.07. The summed E-state index contributed by atoms with van der Waals surface area (Å²) in [6, 6.07) is 13.9. The zero-order valence-corrected chi connectivity index (χ0v) is 16.3. The lowest BCUT2D eigenvalue weighted by atomic mass is 10.1. The van der Waals surface area contributed by atoms with E-state index < -0.39 is 6.10 Å². The maximum Gasteiger partial charge on any atom is 0.191 e. The van der Waals surface area contributed by atoms with Crippen LogP contribution in [0.4, 0.5) is 0 Å². The minimum absolute atomic E-state index is 0. The van der Waals surface area contributed by atoms with Crippen molar-refractivity contribution in [3.63, 3.8) is 0 Å². The van der Waals surface area contributed by atoms with Gasteiger partial charge >= 0.3 is 0 Å². The summed E-state index contributed by atoms with van der Waals surface area (Å²) in [7, 11) is 0. The van der Waals surface area contributed by atoms with E-state index in [-0.39, 0.29) is 30.5 Å². The molecular weight excluding hydrogens is 417 g/mol. The maximum atomic E-state index is 9.99. The number of rotatable bonds is 8. The van der Waals surface area contributed by atoms with Gasteiger partial charge in [0.15, 0.2) is 5.96 Å². The molecule has 0 saturated heterocycles. The smallest absolute Gasteiger partial charge is 0.191 e. The third-order valence-corrected chi connectivity index (χ3v) is 3.42. The van der Waals surface area contributed by atoms with E-state index in [9.17, 15) is 5.11 Å². The lowest BCUT2D eigenvalue weighted by Crippen LogP contribution is -2.38. The van der Waals surface area contributed by atoms with Crippen LogP contribution in [0.1, 0.15) is 30.8 Å². The summed E-state index contributed by atoms with van der Waals surface area (Å²) >= 11 is 0. The third-order valence-electron chi connectivity index (χ3n) is 3.42. The van der Waals surface area contributed by atoms with Gasteiger partial charge in [-0.1, -0.05) is 30.3 Å². The SMILES string of the molecule is CCNC(=NCC(O)c1ccco1)NCCCc1ccccc1.I. The van der Waals surface area contributed by atoms with E-state index >= 15 is 0 Å². The van der Waals surface area contributed by atoms with Crippen LogP contribution >= 0.6 is 24.0 Å². The summed E-state index contributed by atoms with van der Waals surface area (Å²) in [6.45, 7) is 3.89. The van der Waals surface area contributed by atoms with Crippen molar-refractivity contribution in [2.75, 3.05) is 19.6 Å². The summed E-state index contributed by atoms with van der Waals surface area (Å²) in [4.78, 5) is 4.40. The average Bonchev–Trinajstić information content (AvgIpc) is 3.11. The largest absolute Gasteiger partial charge is 0.467 e. The van der Waals surface area contributed by atoms with E-state index in [2.05, 4.69) is 39.9 Å². The molecule has 0 aliphatic rings. The number of guanidine groups is 1. The van der Waals surface area contributed by atoms with E-state index in [1.807, 2.05) is 13.0 Å². The molecule has 0 radical (unpaired) electrons. The van der Waals surface area contributed by atoms with Crippen molar-refractivity contribution in [2.45, 2.75) is 25.9 Å². The fourth-order valence-corrected chi connectivity index (χ4v) is 2.23. The van der Waals surface area contributed by atoms with Crippen LogP contribution in [0, 0.1) is 0 Å². The van der Waals surface area contributed by atoms with E-state index in [0.29, 0.717) is 11.7 Å². The van der Waals surface area contributed by atoms with Crippen molar-refractivity contribution in [3.8, 4) is 0 Å².